The van der Waals surface area contributed by atoms with Crippen molar-refractivity contribution in [2.45, 2.75) is 45.1 Å². The van der Waals surface area contributed by atoms with Crippen LogP contribution >= 0.6 is 0 Å². The molecule has 0 aliphatic carbocycles. The molecule has 1 aromatic heterocycles. The van der Waals surface area contributed by atoms with E-state index in [4.69, 9.17) is 9.47 Å². The zero-order valence-corrected chi connectivity index (χ0v) is 16.4. The maximum Gasteiger partial charge on any atom is 0.319 e. The maximum atomic E-state index is 12.8. The van der Waals surface area contributed by atoms with Crippen molar-refractivity contribution in [1.29, 1.82) is 0 Å². The van der Waals surface area contributed by atoms with Gasteiger partial charge in [0.2, 0.25) is 5.88 Å². The van der Waals surface area contributed by atoms with E-state index in [1.54, 1.807) is 12.3 Å². The van der Waals surface area contributed by atoms with Gasteiger partial charge in [-0.25, -0.2) is 4.98 Å². The molecule has 0 bridgehead atoms. The van der Waals surface area contributed by atoms with E-state index in [0.717, 1.165) is 18.4 Å². The number of piperidine rings is 1. The molecule has 3 rings (SSSR count). The number of nitrogens with zero attached hydrogens (tertiary/aromatic N) is 3. The zero-order valence-electron chi connectivity index (χ0n) is 16.4. The van der Waals surface area contributed by atoms with Gasteiger partial charge in [0.1, 0.15) is 6.10 Å². The molecule has 0 atom stereocenters. The predicted octanol–water partition coefficient (Wildman–Crippen LogP) is 3.47. The van der Waals surface area contributed by atoms with Crippen molar-refractivity contribution in [2.75, 3.05) is 20.2 Å². The molecular formula is C21H27N3O3. The number of hydrogen-bond donors (Lipinski definition) is 0. The lowest BCUT2D eigenvalue weighted by atomic mass is 9.86. The van der Waals surface area contributed by atoms with E-state index >= 15 is 0 Å². The number of likely N-dealkylation sites (tertiary alicyclic amines) is 1. The molecule has 1 amide bonds. The van der Waals surface area contributed by atoms with Crippen LogP contribution in [0.15, 0.2) is 36.5 Å². The van der Waals surface area contributed by atoms with Crippen LogP contribution in [0, 0.1) is 0 Å². The standard InChI is InChI=1S/C21H27N3O3/c1-21(2,3)16-7-5-15(6-8-16)19(25)24-13-10-17(11-14-24)27-18-9-12-22-20(23-18)26-4/h5-9,12,17H,10-11,13-14H2,1-4H3. The van der Waals surface area contributed by atoms with Crippen molar-refractivity contribution in [3.05, 3.63) is 47.7 Å². The summed E-state index contributed by atoms with van der Waals surface area (Å²) in [7, 11) is 1.53. The third-order valence-electron chi connectivity index (χ3n) is 4.80. The molecule has 0 radical (unpaired) electrons. The number of aromatic nitrogens is 2. The van der Waals surface area contributed by atoms with Crippen LogP contribution in [-0.4, -0.2) is 47.1 Å². The average Bonchev–Trinajstić information content (AvgIpc) is 2.67. The predicted molar refractivity (Wildman–Crippen MR) is 103 cm³/mol. The number of rotatable bonds is 4. The first-order valence-electron chi connectivity index (χ1n) is 9.30. The van der Waals surface area contributed by atoms with Crippen LogP contribution in [0.1, 0.15) is 49.5 Å². The van der Waals surface area contributed by atoms with Crippen LogP contribution < -0.4 is 9.47 Å². The lowest BCUT2D eigenvalue weighted by Gasteiger charge is -2.32. The molecule has 2 heterocycles. The molecule has 0 N–H and O–H groups in total. The quantitative estimate of drug-likeness (QED) is 0.826. The number of hydrogen-bond acceptors (Lipinski definition) is 5. The first kappa shape index (κ1) is 19.1. The van der Waals surface area contributed by atoms with Gasteiger partial charge in [-0.2, -0.15) is 4.98 Å². The van der Waals surface area contributed by atoms with Crippen LogP contribution in [0.2, 0.25) is 0 Å². The summed E-state index contributed by atoms with van der Waals surface area (Å²) in [6.45, 7) is 7.85. The minimum atomic E-state index is 0.0388. The maximum absolute atomic E-state index is 12.8. The topological polar surface area (TPSA) is 64.6 Å². The van der Waals surface area contributed by atoms with Crippen molar-refractivity contribution in [3.8, 4) is 11.9 Å². The van der Waals surface area contributed by atoms with E-state index < -0.39 is 0 Å². The summed E-state index contributed by atoms with van der Waals surface area (Å²) in [5, 5.41) is 0. The van der Waals surface area contributed by atoms with Crippen LogP contribution in [0.4, 0.5) is 0 Å². The fourth-order valence-electron chi connectivity index (χ4n) is 3.13. The Balaban J connectivity index is 1.56. The third kappa shape index (κ3) is 4.76. The second-order valence-electron chi connectivity index (χ2n) is 7.82. The first-order chi connectivity index (χ1) is 12.9. The molecule has 1 saturated heterocycles. The molecule has 0 spiro atoms. The number of benzene rings is 1. The van der Waals surface area contributed by atoms with Gasteiger partial charge in [-0.15, -0.1) is 0 Å². The summed E-state index contributed by atoms with van der Waals surface area (Å²) >= 11 is 0. The summed E-state index contributed by atoms with van der Waals surface area (Å²) in [6.07, 6.45) is 3.20. The monoisotopic (exact) mass is 369 g/mol. The highest BCUT2D eigenvalue weighted by molar-refractivity contribution is 5.94. The van der Waals surface area contributed by atoms with Crippen molar-refractivity contribution >= 4 is 5.91 Å². The number of ether oxygens (including phenoxy) is 2. The molecular weight excluding hydrogens is 342 g/mol. The molecule has 0 saturated carbocycles. The summed E-state index contributed by atoms with van der Waals surface area (Å²) in [5.41, 5.74) is 2.05. The summed E-state index contributed by atoms with van der Waals surface area (Å²) in [4.78, 5) is 22.8. The molecule has 0 unspecified atom stereocenters. The highest BCUT2D eigenvalue weighted by Crippen LogP contribution is 2.24. The Morgan fingerprint density at radius 1 is 1.11 bits per heavy atom. The molecule has 1 aliphatic rings. The number of methoxy groups -OCH3 is 1. The minimum Gasteiger partial charge on any atom is -0.474 e. The molecule has 144 valence electrons. The smallest absolute Gasteiger partial charge is 0.319 e. The SMILES string of the molecule is COc1nccc(OC2CCN(C(=O)c3ccc(C(C)(C)C)cc3)CC2)n1. The van der Waals surface area contributed by atoms with E-state index in [0.29, 0.717) is 25.0 Å². The molecule has 1 aliphatic heterocycles. The summed E-state index contributed by atoms with van der Waals surface area (Å²) in [6, 6.07) is 9.96. The Hall–Kier alpha value is -2.63. The second kappa shape index (κ2) is 7.94. The number of amides is 1. The van der Waals surface area contributed by atoms with Crippen molar-refractivity contribution in [1.82, 2.24) is 14.9 Å². The van der Waals surface area contributed by atoms with E-state index in [2.05, 4.69) is 30.7 Å². The lowest BCUT2D eigenvalue weighted by Crippen LogP contribution is -2.41. The largest absolute Gasteiger partial charge is 0.474 e. The van der Waals surface area contributed by atoms with Crippen molar-refractivity contribution in [3.63, 3.8) is 0 Å². The van der Waals surface area contributed by atoms with E-state index in [1.807, 2.05) is 29.2 Å². The second-order valence-corrected chi connectivity index (χ2v) is 7.82. The average molecular weight is 369 g/mol. The van der Waals surface area contributed by atoms with E-state index in [-0.39, 0.29) is 17.4 Å². The van der Waals surface area contributed by atoms with E-state index in [9.17, 15) is 4.79 Å². The fraction of sp³-hybridized carbons (Fsp3) is 0.476. The molecule has 27 heavy (non-hydrogen) atoms. The zero-order chi connectivity index (χ0) is 19.4. The van der Waals surface area contributed by atoms with Crippen LogP contribution in [0.5, 0.6) is 11.9 Å². The Bertz CT molecular complexity index is 776. The van der Waals surface area contributed by atoms with Gasteiger partial charge in [-0.3, -0.25) is 4.79 Å². The van der Waals surface area contributed by atoms with Gasteiger partial charge in [0, 0.05) is 43.8 Å². The highest BCUT2D eigenvalue weighted by Gasteiger charge is 2.25. The number of carbonyl (C=O) groups excluding carboxylic acids is 1. The van der Waals surface area contributed by atoms with Gasteiger partial charge in [-0.1, -0.05) is 32.9 Å². The third-order valence-corrected chi connectivity index (χ3v) is 4.80. The Morgan fingerprint density at radius 3 is 2.37 bits per heavy atom. The Morgan fingerprint density at radius 2 is 1.78 bits per heavy atom. The van der Waals surface area contributed by atoms with Crippen molar-refractivity contribution < 1.29 is 14.3 Å². The molecule has 6 heteroatoms. The van der Waals surface area contributed by atoms with Gasteiger partial charge in [-0.05, 0) is 23.1 Å². The van der Waals surface area contributed by atoms with E-state index in [1.165, 1.54) is 12.7 Å². The van der Waals surface area contributed by atoms with Gasteiger partial charge in [0.05, 0.1) is 7.11 Å². The molecule has 1 fully saturated rings. The molecule has 1 aromatic carbocycles. The normalized spacial score (nSPS) is 15.5. The first-order valence-corrected chi connectivity index (χ1v) is 9.30. The highest BCUT2D eigenvalue weighted by atomic mass is 16.5. The Labute approximate surface area is 160 Å². The molecule has 6 nitrogen and oxygen atoms in total. The van der Waals surface area contributed by atoms with Crippen LogP contribution in [0.3, 0.4) is 0 Å². The Kier molecular flexibility index (Phi) is 5.63. The van der Waals surface area contributed by atoms with Gasteiger partial charge in [0.15, 0.2) is 0 Å². The van der Waals surface area contributed by atoms with Crippen LogP contribution in [-0.2, 0) is 5.41 Å². The van der Waals surface area contributed by atoms with Gasteiger partial charge < -0.3 is 14.4 Å². The van der Waals surface area contributed by atoms with Crippen molar-refractivity contribution in [2.24, 2.45) is 0 Å². The summed E-state index contributed by atoms with van der Waals surface area (Å²) < 4.78 is 10.9. The van der Waals surface area contributed by atoms with Crippen LogP contribution in [0.25, 0.3) is 0 Å². The fourth-order valence-corrected chi connectivity index (χ4v) is 3.13. The van der Waals surface area contributed by atoms with Gasteiger partial charge >= 0.3 is 6.01 Å². The number of carbonyl (C=O) groups is 1. The lowest BCUT2D eigenvalue weighted by molar-refractivity contribution is 0.0586. The minimum absolute atomic E-state index is 0.0388. The molecule has 2 aromatic rings. The summed E-state index contributed by atoms with van der Waals surface area (Å²) in [5.74, 6) is 0.585. The van der Waals surface area contributed by atoms with Gasteiger partial charge in [0.25, 0.3) is 5.91 Å².